The summed E-state index contributed by atoms with van der Waals surface area (Å²) in [4.78, 5) is 0. The molecule has 0 aliphatic rings. The molecule has 0 nitrogen and oxygen atoms in total. The molecule has 0 bridgehead atoms. The monoisotopic (exact) mass is 412 g/mol. The van der Waals surface area contributed by atoms with E-state index in [4.69, 9.17) is 0 Å². The predicted molar refractivity (Wildman–Crippen MR) is 101 cm³/mol. The summed E-state index contributed by atoms with van der Waals surface area (Å²) < 4.78 is 4.72. The Labute approximate surface area is 134 Å². The second-order valence-electron chi connectivity index (χ2n) is 8.97. The Balaban J connectivity index is 5.43. The van der Waals surface area contributed by atoms with E-state index in [-0.39, 0.29) is 0 Å². The molecule has 0 fully saturated rings. The maximum atomic E-state index is 3.68. The number of hydrogen-bond acceptors (Lipinski definition) is 0. The SMILES string of the molecule is CC(C)C[Te](CC#C[Si](C)(C)C)(CC(C)C)C(C)(C)C. The molecule has 0 unspecified atom stereocenters. The van der Waals surface area contributed by atoms with Crippen LogP contribution in [0.1, 0.15) is 48.5 Å². The van der Waals surface area contributed by atoms with Gasteiger partial charge in [0.05, 0.1) is 0 Å². The quantitative estimate of drug-likeness (QED) is 0.362. The minimum atomic E-state index is -2.01. The average molecular weight is 410 g/mol. The molecular weight excluding hydrogens is 372 g/mol. The zero-order valence-corrected chi connectivity index (χ0v) is 19.0. The molecule has 0 heterocycles. The minimum absolute atomic E-state index is 0.505. The van der Waals surface area contributed by atoms with Gasteiger partial charge in [0, 0.05) is 0 Å². The third-order valence-corrected chi connectivity index (χ3v) is 21.2. The van der Waals surface area contributed by atoms with E-state index >= 15 is 0 Å². The van der Waals surface area contributed by atoms with Crippen LogP contribution in [-0.2, 0) is 0 Å². The average Bonchev–Trinajstić information content (AvgIpc) is 2.10. The fraction of sp³-hybridized carbons (Fsp3) is 0.889. The molecule has 0 N–H and O–H groups in total. The Hall–Kier alpha value is 0.566. The second-order valence-corrected chi connectivity index (χ2v) is 25.9. The van der Waals surface area contributed by atoms with E-state index in [1.165, 1.54) is 13.4 Å². The molecular formula is C18H38SiTe. The van der Waals surface area contributed by atoms with Gasteiger partial charge in [-0.25, -0.2) is 0 Å². The van der Waals surface area contributed by atoms with E-state index < -0.39 is 26.3 Å². The van der Waals surface area contributed by atoms with Gasteiger partial charge in [0.1, 0.15) is 0 Å². The van der Waals surface area contributed by atoms with Gasteiger partial charge in [-0.15, -0.1) is 0 Å². The summed E-state index contributed by atoms with van der Waals surface area (Å²) in [7, 11) is -1.23. The molecule has 0 rings (SSSR count). The molecule has 0 aliphatic carbocycles. The van der Waals surface area contributed by atoms with Gasteiger partial charge < -0.3 is 0 Å². The van der Waals surface area contributed by atoms with Gasteiger partial charge >= 0.3 is 135 Å². The summed E-state index contributed by atoms with van der Waals surface area (Å²) in [5.74, 6) is 5.32. The van der Waals surface area contributed by atoms with Gasteiger partial charge in [0.2, 0.25) is 0 Å². The molecule has 0 saturated heterocycles. The third-order valence-electron chi connectivity index (χ3n) is 3.42. The molecule has 0 saturated carbocycles. The first-order valence-electron chi connectivity index (χ1n) is 8.05. The first-order valence-corrected chi connectivity index (χ1v) is 17.7. The topological polar surface area (TPSA) is 0 Å². The van der Waals surface area contributed by atoms with Crippen LogP contribution in [0.5, 0.6) is 0 Å². The molecule has 0 atom stereocenters. The van der Waals surface area contributed by atoms with Crippen molar-refractivity contribution in [1.29, 1.82) is 0 Å². The van der Waals surface area contributed by atoms with Crippen molar-refractivity contribution in [3.05, 3.63) is 0 Å². The first kappa shape index (κ1) is 20.6. The molecule has 2 heteroatoms. The summed E-state index contributed by atoms with van der Waals surface area (Å²) >= 11 is -2.01. The van der Waals surface area contributed by atoms with Crippen molar-refractivity contribution in [1.82, 2.24) is 0 Å². The predicted octanol–water partition coefficient (Wildman–Crippen LogP) is 6.43. The van der Waals surface area contributed by atoms with Crippen molar-refractivity contribution >= 4 is 26.3 Å². The fourth-order valence-electron chi connectivity index (χ4n) is 2.62. The molecule has 0 aliphatic heterocycles. The maximum absolute atomic E-state index is 3.68. The van der Waals surface area contributed by atoms with Crippen molar-refractivity contribution in [2.45, 2.75) is 85.0 Å². The van der Waals surface area contributed by atoms with E-state index in [1.54, 1.807) is 0 Å². The first-order chi connectivity index (χ1) is 8.79. The number of hydrogen-bond donors (Lipinski definition) is 0. The molecule has 0 radical (unpaired) electrons. The van der Waals surface area contributed by atoms with Gasteiger partial charge in [0.25, 0.3) is 0 Å². The van der Waals surface area contributed by atoms with Crippen LogP contribution >= 0.6 is 0 Å². The van der Waals surface area contributed by atoms with Crippen LogP contribution in [-0.4, -0.2) is 26.3 Å². The van der Waals surface area contributed by atoms with Crippen LogP contribution in [0.15, 0.2) is 0 Å². The zero-order chi connectivity index (χ0) is 16.2. The van der Waals surface area contributed by atoms with Crippen molar-refractivity contribution in [2.24, 2.45) is 11.8 Å². The van der Waals surface area contributed by atoms with Gasteiger partial charge in [0.15, 0.2) is 0 Å². The van der Waals surface area contributed by atoms with Crippen molar-refractivity contribution in [3.8, 4) is 11.5 Å². The molecule has 20 heavy (non-hydrogen) atoms. The Morgan fingerprint density at radius 2 is 1.30 bits per heavy atom. The van der Waals surface area contributed by atoms with Crippen LogP contribution in [0.25, 0.3) is 0 Å². The molecule has 120 valence electrons. The van der Waals surface area contributed by atoms with Gasteiger partial charge in [-0.3, -0.25) is 0 Å². The summed E-state index contributed by atoms with van der Waals surface area (Å²) in [5, 5.41) is 0. The van der Waals surface area contributed by atoms with E-state index in [1.807, 2.05) is 0 Å². The number of rotatable bonds is 5. The van der Waals surface area contributed by atoms with E-state index in [0.717, 1.165) is 11.8 Å². The second kappa shape index (κ2) is 7.72. The normalized spacial score (nSPS) is 14.4. The molecule has 0 aromatic rings. The van der Waals surface area contributed by atoms with Crippen LogP contribution in [0.4, 0.5) is 0 Å². The summed E-state index contributed by atoms with van der Waals surface area (Å²) in [5.41, 5.74) is 3.63. The van der Waals surface area contributed by atoms with Crippen molar-refractivity contribution in [3.63, 3.8) is 0 Å². The molecule has 0 aromatic heterocycles. The Morgan fingerprint density at radius 1 is 0.900 bits per heavy atom. The Kier molecular flexibility index (Phi) is 7.93. The third kappa shape index (κ3) is 7.54. The molecule has 0 aromatic carbocycles. The zero-order valence-electron chi connectivity index (χ0n) is 15.7. The molecule has 0 amide bonds. The van der Waals surface area contributed by atoms with Crippen molar-refractivity contribution < 1.29 is 0 Å². The summed E-state index contributed by atoms with van der Waals surface area (Å²) in [6.07, 6.45) is 0. The van der Waals surface area contributed by atoms with E-state index in [2.05, 4.69) is 79.6 Å². The van der Waals surface area contributed by atoms with Crippen LogP contribution in [0, 0.1) is 23.3 Å². The van der Waals surface area contributed by atoms with Gasteiger partial charge in [-0.05, 0) is 0 Å². The van der Waals surface area contributed by atoms with Gasteiger partial charge in [-0.1, -0.05) is 0 Å². The van der Waals surface area contributed by atoms with Crippen LogP contribution < -0.4 is 0 Å². The van der Waals surface area contributed by atoms with Crippen LogP contribution in [0.3, 0.4) is 0 Å². The molecule has 0 spiro atoms. The standard InChI is InChI=1S/C18H38SiTe/c1-16(2)14-20(15-17(3)4,18(5,6)7)13-11-12-19(8,9)10/h16-17H,13-15H2,1-10H3. The fourth-order valence-corrected chi connectivity index (χ4v) is 17.1. The Morgan fingerprint density at radius 3 is 1.55 bits per heavy atom. The van der Waals surface area contributed by atoms with Gasteiger partial charge in [-0.2, -0.15) is 0 Å². The van der Waals surface area contributed by atoms with Crippen molar-refractivity contribution in [2.75, 3.05) is 0 Å². The van der Waals surface area contributed by atoms with Crippen LogP contribution in [0.2, 0.25) is 36.5 Å². The van der Waals surface area contributed by atoms with E-state index in [0.29, 0.717) is 3.46 Å². The summed E-state index contributed by atoms with van der Waals surface area (Å²) in [6, 6.07) is 0. The van der Waals surface area contributed by atoms with E-state index in [9.17, 15) is 0 Å². The summed E-state index contributed by atoms with van der Waals surface area (Å²) in [6.45, 7) is 24.2. The Bertz CT molecular complexity index is 334.